The number of halogens is 6. The number of likely N-dealkylation sites (tertiary alicyclic amines) is 1. The van der Waals surface area contributed by atoms with Crippen molar-refractivity contribution in [1.29, 1.82) is 0 Å². The standard InChI is InChI=1S/C24H22F6N6O2/c1-10-3-11(2)13(21(37)34-17-8-35(7-16(17)25)22(38)15-6-23(15,26)27)4-12(10)18-5-14(24(28,29)30)19-20(31)32-9-33-36(18)19/h3-5,9,15-17H,6-8H2,1-2H3,(H,34,37)(H2,31,32,33)/t15?,16-,17+/m0/s1. The van der Waals surface area contributed by atoms with Crippen LogP contribution in [0.3, 0.4) is 0 Å². The van der Waals surface area contributed by atoms with E-state index in [1.807, 2.05) is 0 Å². The molecule has 0 bridgehead atoms. The fraction of sp³-hybridized carbons (Fsp3) is 0.417. The summed E-state index contributed by atoms with van der Waals surface area (Å²) in [6, 6.07) is 2.69. The van der Waals surface area contributed by atoms with Crippen molar-refractivity contribution in [3.8, 4) is 11.3 Å². The highest BCUT2D eigenvalue weighted by Crippen LogP contribution is 2.50. The van der Waals surface area contributed by atoms with Crippen LogP contribution in [0.1, 0.15) is 33.5 Å². The molecule has 0 radical (unpaired) electrons. The number of nitrogen functional groups attached to an aromatic ring is 1. The SMILES string of the molecule is Cc1cc(C)c(-c2cc(C(F)(F)F)c3c(N)ncnn23)cc1C(=O)N[C@@H]1CN(C(=O)C2CC2(F)F)C[C@@H]1F. The number of nitrogens with two attached hydrogens (primary N) is 1. The summed E-state index contributed by atoms with van der Waals surface area (Å²) in [5, 5.41) is 6.42. The summed E-state index contributed by atoms with van der Waals surface area (Å²) in [7, 11) is 0. The van der Waals surface area contributed by atoms with E-state index in [4.69, 9.17) is 5.73 Å². The molecule has 1 aliphatic heterocycles. The van der Waals surface area contributed by atoms with Gasteiger partial charge in [0.25, 0.3) is 11.8 Å². The molecule has 2 amide bonds. The highest BCUT2D eigenvalue weighted by Gasteiger charge is 2.63. The van der Waals surface area contributed by atoms with E-state index >= 15 is 0 Å². The van der Waals surface area contributed by atoms with Gasteiger partial charge in [0, 0.05) is 24.1 Å². The van der Waals surface area contributed by atoms with Crippen LogP contribution in [0, 0.1) is 19.8 Å². The fourth-order valence-electron chi connectivity index (χ4n) is 4.88. The first-order valence-electron chi connectivity index (χ1n) is 11.6. The summed E-state index contributed by atoms with van der Waals surface area (Å²) in [6.45, 7) is 2.55. The molecule has 1 saturated heterocycles. The van der Waals surface area contributed by atoms with E-state index in [0.717, 1.165) is 21.8 Å². The van der Waals surface area contributed by atoms with Gasteiger partial charge in [-0.05, 0) is 37.1 Å². The Kier molecular flexibility index (Phi) is 5.84. The van der Waals surface area contributed by atoms with Crippen molar-refractivity contribution < 1.29 is 35.9 Å². The van der Waals surface area contributed by atoms with Gasteiger partial charge in [0.05, 0.1) is 23.8 Å². The van der Waals surface area contributed by atoms with Crippen LogP contribution in [0.4, 0.5) is 32.2 Å². The van der Waals surface area contributed by atoms with Crippen LogP contribution in [0.2, 0.25) is 0 Å². The fourth-order valence-corrected chi connectivity index (χ4v) is 4.88. The zero-order valence-corrected chi connectivity index (χ0v) is 20.1. The third-order valence-electron chi connectivity index (χ3n) is 6.98. The monoisotopic (exact) mass is 540 g/mol. The molecule has 3 heterocycles. The molecule has 202 valence electrons. The maximum atomic E-state index is 14.7. The van der Waals surface area contributed by atoms with Crippen LogP contribution in [-0.2, 0) is 11.0 Å². The van der Waals surface area contributed by atoms with Crippen molar-refractivity contribution in [2.24, 2.45) is 5.92 Å². The van der Waals surface area contributed by atoms with Gasteiger partial charge in [-0.2, -0.15) is 18.3 Å². The molecule has 14 heteroatoms. The molecule has 1 saturated carbocycles. The second-order valence-electron chi connectivity index (χ2n) is 9.69. The molecule has 0 spiro atoms. The Labute approximate surface area is 211 Å². The number of aromatic nitrogens is 3. The quantitative estimate of drug-likeness (QED) is 0.493. The summed E-state index contributed by atoms with van der Waals surface area (Å²) in [6.07, 6.45) is -6.00. The van der Waals surface area contributed by atoms with E-state index in [9.17, 15) is 35.9 Å². The maximum absolute atomic E-state index is 14.7. The van der Waals surface area contributed by atoms with Gasteiger partial charge in [0.15, 0.2) is 5.82 Å². The first-order valence-corrected chi connectivity index (χ1v) is 11.6. The van der Waals surface area contributed by atoms with Gasteiger partial charge < -0.3 is 16.0 Å². The first kappa shape index (κ1) is 25.8. The molecule has 1 unspecified atom stereocenters. The Balaban J connectivity index is 1.45. The number of aryl methyl sites for hydroxylation is 2. The molecular formula is C24H22F6N6O2. The molecular weight excluding hydrogens is 518 g/mol. The van der Waals surface area contributed by atoms with Crippen LogP contribution in [0.5, 0.6) is 0 Å². The summed E-state index contributed by atoms with van der Waals surface area (Å²) in [4.78, 5) is 30.0. The lowest BCUT2D eigenvalue weighted by Gasteiger charge is -2.18. The summed E-state index contributed by atoms with van der Waals surface area (Å²) >= 11 is 0. The highest BCUT2D eigenvalue weighted by atomic mass is 19.4. The minimum absolute atomic E-state index is 0.0133. The maximum Gasteiger partial charge on any atom is 0.418 e. The first-order chi connectivity index (χ1) is 17.7. The van der Waals surface area contributed by atoms with Gasteiger partial charge in [-0.25, -0.2) is 22.7 Å². The highest BCUT2D eigenvalue weighted by molar-refractivity contribution is 5.98. The van der Waals surface area contributed by atoms with Crippen molar-refractivity contribution in [2.75, 3.05) is 18.8 Å². The minimum atomic E-state index is -4.76. The van der Waals surface area contributed by atoms with E-state index < -0.39 is 66.1 Å². The lowest BCUT2D eigenvalue weighted by atomic mass is 9.97. The predicted octanol–water partition coefficient (Wildman–Crippen LogP) is 3.55. The number of carbonyl (C=O) groups is 2. The molecule has 3 aromatic rings. The number of anilines is 1. The molecule has 2 aliphatic rings. The van der Waals surface area contributed by atoms with Crippen LogP contribution in [0.25, 0.3) is 16.8 Å². The largest absolute Gasteiger partial charge is 0.418 e. The second-order valence-corrected chi connectivity index (χ2v) is 9.69. The Morgan fingerprint density at radius 3 is 2.45 bits per heavy atom. The van der Waals surface area contributed by atoms with E-state index in [0.29, 0.717) is 11.1 Å². The molecule has 2 fully saturated rings. The average molecular weight is 540 g/mol. The summed E-state index contributed by atoms with van der Waals surface area (Å²) in [5.41, 5.74) is 5.56. The van der Waals surface area contributed by atoms with Crippen LogP contribution in [-0.4, -0.2) is 62.5 Å². The predicted molar refractivity (Wildman–Crippen MR) is 123 cm³/mol. The second kappa shape index (κ2) is 8.60. The van der Waals surface area contributed by atoms with Crippen LogP contribution < -0.4 is 11.1 Å². The Morgan fingerprint density at radius 1 is 1.13 bits per heavy atom. The number of alkyl halides is 6. The lowest BCUT2D eigenvalue weighted by molar-refractivity contribution is -0.136. The number of rotatable bonds is 4. The number of amides is 2. The van der Waals surface area contributed by atoms with Crippen LogP contribution in [0.15, 0.2) is 24.5 Å². The van der Waals surface area contributed by atoms with Gasteiger partial charge in [-0.1, -0.05) is 6.07 Å². The van der Waals surface area contributed by atoms with Crippen LogP contribution >= 0.6 is 0 Å². The van der Waals surface area contributed by atoms with Crippen molar-refractivity contribution >= 4 is 23.1 Å². The van der Waals surface area contributed by atoms with Crippen molar-refractivity contribution in [3.05, 3.63) is 46.8 Å². The molecule has 1 aliphatic carbocycles. The number of hydrogen-bond acceptors (Lipinski definition) is 5. The topological polar surface area (TPSA) is 106 Å². The zero-order valence-electron chi connectivity index (χ0n) is 20.1. The average Bonchev–Trinajstić information content (AvgIpc) is 3.12. The van der Waals surface area contributed by atoms with Gasteiger partial charge in [0.1, 0.15) is 23.9 Å². The third-order valence-corrected chi connectivity index (χ3v) is 6.98. The third kappa shape index (κ3) is 4.31. The molecule has 1 aromatic carbocycles. The van der Waals surface area contributed by atoms with Gasteiger partial charge in [-0.3, -0.25) is 9.59 Å². The Bertz CT molecular complexity index is 1470. The summed E-state index contributed by atoms with van der Waals surface area (Å²) < 4.78 is 83.5. The zero-order chi connectivity index (χ0) is 27.7. The molecule has 3 N–H and O–H groups in total. The number of hydrogen-bond donors (Lipinski definition) is 2. The van der Waals surface area contributed by atoms with Gasteiger partial charge in [-0.15, -0.1) is 0 Å². The summed E-state index contributed by atoms with van der Waals surface area (Å²) in [5.74, 6) is -6.52. The lowest BCUT2D eigenvalue weighted by Crippen LogP contribution is -2.42. The molecule has 5 rings (SSSR count). The van der Waals surface area contributed by atoms with E-state index in [1.54, 1.807) is 19.9 Å². The van der Waals surface area contributed by atoms with E-state index in [-0.39, 0.29) is 29.2 Å². The molecule has 3 atom stereocenters. The van der Waals surface area contributed by atoms with Crippen molar-refractivity contribution in [1.82, 2.24) is 24.8 Å². The molecule has 8 nitrogen and oxygen atoms in total. The number of benzene rings is 1. The number of nitrogens with zero attached hydrogens (tertiary/aromatic N) is 4. The Hall–Kier alpha value is -3.84. The molecule has 38 heavy (non-hydrogen) atoms. The van der Waals surface area contributed by atoms with E-state index in [2.05, 4.69) is 15.4 Å². The number of nitrogens with one attached hydrogen (secondary N) is 1. The smallest absolute Gasteiger partial charge is 0.382 e. The number of carbonyl (C=O) groups excluding carboxylic acids is 2. The normalized spacial score (nSPS) is 22.6. The van der Waals surface area contributed by atoms with E-state index in [1.165, 1.54) is 6.07 Å². The number of fused-ring (bicyclic) bond motifs is 1. The van der Waals surface area contributed by atoms with Crippen molar-refractivity contribution in [2.45, 2.75) is 44.6 Å². The molecule has 2 aromatic heterocycles. The van der Waals surface area contributed by atoms with Crippen molar-refractivity contribution in [3.63, 3.8) is 0 Å². The Morgan fingerprint density at radius 2 is 1.82 bits per heavy atom. The van der Waals surface area contributed by atoms with Gasteiger partial charge >= 0.3 is 6.18 Å². The van der Waals surface area contributed by atoms with Gasteiger partial charge in [0.2, 0.25) is 5.91 Å². The minimum Gasteiger partial charge on any atom is -0.382 e.